The summed E-state index contributed by atoms with van der Waals surface area (Å²) in [5, 5.41) is 7.11. The van der Waals surface area contributed by atoms with Crippen molar-refractivity contribution in [2.75, 3.05) is 31.4 Å². The lowest BCUT2D eigenvalue weighted by atomic mass is 9.74. The van der Waals surface area contributed by atoms with Crippen molar-refractivity contribution in [3.8, 4) is 0 Å². The lowest BCUT2D eigenvalue weighted by Crippen LogP contribution is -2.49. The van der Waals surface area contributed by atoms with E-state index in [-0.39, 0.29) is 29.8 Å². The van der Waals surface area contributed by atoms with Gasteiger partial charge in [0.2, 0.25) is 5.91 Å². The van der Waals surface area contributed by atoms with Crippen LogP contribution in [0.1, 0.15) is 18.4 Å². The minimum atomic E-state index is -0.127. The number of thioether (sulfide) groups is 1. The Hall–Kier alpha value is -0.460. The average molecular weight is 377 g/mol. The predicted octanol–water partition coefficient (Wildman–Crippen LogP) is 2.59. The Morgan fingerprint density at radius 2 is 2.13 bits per heavy atom. The van der Waals surface area contributed by atoms with Crippen LogP contribution in [0.2, 0.25) is 5.02 Å². The van der Waals surface area contributed by atoms with Crippen LogP contribution in [0.5, 0.6) is 0 Å². The summed E-state index contributed by atoms with van der Waals surface area (Å²) in [5.74, 6) is 1.78. The fraction of sp³-hybridized carbons (Fsp3) is 0.562. The quantitative estimate of drug-likeness (QED) is 0.847. The normalized spacial score (nSPS) is 23.1. The number of carbonyl (C=O) groups is 1. The van der Waals surface area contributed by atoms with Crippen molar-refractivity contribution in [1.29, 1.82) is 0 Å². The first-order valence-corrected chi connectivity index (χ1v) is 9.16. The van der Waals surface area contributed by atoms with Gasteiger partial charge < -0.3 is 10.1 Å². The molecule has 7 heteroatoms. The average Bonchev–Trinajstić information content (AvgIpc) is 3.08. The van der Waals surface area contributed by atoms with Gasteiger partial charge in [-0.05, 0) is 24.5 Å². The molecule has 0 aliphatic carbocycles. The second kappa shape index (κ2) is 8.58. The van der Waals surface area contributed by atoms with Crippen molar-refractivity contribution in [1.82, 2.24) is 10.6 Å². The molecule has 0 saturated carbocycles. The van der Waals surface area contributed by atoms with Crippen molar-refractivity contribution < 1.29 is 9.53 Å². The van der Waals surface area contributed by atoms with Gasteiger partial charge in [-0.15, -0.1) is 24.2 Å². The van der Waals surface area contributed by atoms with E-state index in [1.807, 2.05) is 18.2 Å². The molecule has 0 bridgehead atoms. The molecule has 1 atom stereocenters. The summed E-state index contributed by atoms with van der Waals surface area (Å²) in [4.78, 5) is 12.3. The molecule has 23 heavy (non-hydrogen) atoms. The molecule has 4 nitrogen and oxygen atoms in total. The van der Waals surface area contributed by atoms with Crippen LogP contribution in [0.3, 0.4) is 0 Å². The van der Waals surface area contributed by atoms with Gasteiger partial charge in [0.25, 0.3) is 0 Å². The van der Waals surface area contributed by atoms with E-state index in [1.54, 1.807) is 11.8 Å². The molecule has 2 fully saturated rings. The third-order valence-electron chi connectivity index (χ3n) is 4.53. The summed E-state index contributed by atoms with van der Waals surface area (Å²) in [6.45, 7) is 2.03. The third-order valence-corrected chi connectivity index (χ3v) is 5.80. The van der Waals surface area contributed by atoms with Crippen molar-refractivity contribution in [2.24, 2.45) is 0 Å². The monoisotopic (exact) mass is 376 g/mol. The number of amides is 1. The van der Waals surface area contributed by atoms with Gasteiger partial charge in [0.15, 0.2) is 0 Å². The van der Waals surface area contributed by atoms with Gasteiger partial charge in [0.05, 0.1) is 6.04 Å². The van der Waals surface area contributed by atoms with Crippen LogP contribution in [-0.2, 0) is 14.9 Å². The highest BCUT2D eigenvalue weighted by Crippen LogP contribution is 2.38. The van der Waals surface area contributed by atoms with Gasteiger partial charge in [-0.25, -0.2) is 0 Å². The van der Waals surface area contributed by atoms with E-state index in [9.17, 15) is 4.79 Å². The number of carbonyl (C=O) groups excluding carboxylic acids is 1. The molecule has 0 spiro atoms. The van der Waals surface area contributed by atoms with E-state index in [2.05, 4.69) is 16.7 Å². The first-order valence-electron chi connectivity index (χ1n) is 7.63. The number of rotatable bonds is 4. The topological polar surface area (TPSA) is 50.4 Å². The summed E-state index contributed by atoms with van der Waals surface area (Å²) >= 11 is 8.18. The molecule has 128 valence electrons. The van der Waals surface area contributed by atoms with Crippen LogP contribution < -0.4 is 10.6 Å². The molecule has 2 aliphatic rings. The minimum Gasteiger partial charge on any atom is -0.381 e. The number of halogens is 2. The number of benzene rings is 1. The molecule has 1 amide bonds. The van der Waals surface area contributed by atoms with E-state index < -0.39 is 0 Å². The first-order chi connectivity index (χ1) is 10.7. The Kier molecular flexibility index (Phi) is 7.04. The second-order valence-electron chi connectivity index (χ2n) is 5.86. The van der Waals surface area contributed by atoms with Crippen molar-refractivity contribution in [3.63, 3.8) is 0 Å². The number of hydrogen-bond acceptors (Lipinski definition) is 4. The van der Waals surface area contributed by atoms with E-state index >= 15 is 0 Å². The summed E-state index contributed by atoms with van der Waals surface area (Å²) in [6, 6.07) is 7.87. The Balaban J connectivity index is 0.00000192. The van der Waals surface area contributed by atoms with Crippen molar-refractivity contribution >= 4 is 41.7 Å². The highest BCUT2D eigenvalue weighted by molar-refractivity contribution is 7.99. The fourth-order valence-corrected chi connectivity index (χ4v) is 4.42. The molecule has 1 aromatic carbocycles. The molecular formula is C16H22Cl2N2O2S. The van der Waals surface area contributed by atoms with Crippen molar-refractivity contribution in [3.05, 3.63) is 34.9 Å². The van der Waals surface area contributed by atoms with E-state index in [0.29, 0.717) is 19.8 Å². The van der Waals surface area contributed by atoms with Gasteiger partial charge in [-0.2, -0.15) is 0 Å². The van der Waals surface area contributed by atoms with Gasteiger partial charge in [0.1, 0.15) is 0 Å². The van der Waals surface area contributed by atoms with E-state index in [4.69, 9.17) is 16.3 Å². The fourth-order valence-electron chi connectivity index (χ4n) is 3.14. The van der Waals surface area contributed by atoms with Crippen LogP contribution >= 0.6 is 35.8 Å². The molecule has 1 aromatic rings. The largest absolute Gasteiger partial charge is 0.381 e. The number of hydrogen-bond donors (Lipinski definition) is 2. The van der Waals surface area contributed by atoms with E-state index in [0.717, 1.165) is 35.1 Å². The molecule has 2 N–H and O–H groups in total. The zero-order valence-electron chi connectivity index (χ0n) is 12.8. The summed E-state index contributed by atoms with van der Waals surface area (Å²) in [5.41, 5.74) is 0.992. The predicted molar refractivity (Wildman–Crippen MR) is 97.7 cm³/mol. The van der Waals surface area contributed by atoms with Crippen LogP contribution in [0.4, 0.5) is 0 Å². The maximum Gasteiger partial charge on any atom is 0.238 e. The molecule has 3 rings (SSSR count). The molecule has 2 saturated heterocycles. The standard InChI is InChI=1S/C16H21ClN2O2S.ClH/c17-13-4-2-1-3-12(13)16(5-7-21-8-6-16)10-18-15(20)14-9-22-11-19-14;/h1-4,14,19H,5-11H2,(H,18,20);1H. The summed E-state index contributed by atoms with van der Waals surface area (Å²) < 4.78 is 5.52. The van der Waals surface area contributed by atoms with Crippen molar-refractivity contribution in [2.45, 2.75) is 24.3 Å². The lowest BCUT2D eigenvalue weighted by molar-refractivity contribution is -0.122. The molecule has 2 heterocycles. The van der Waals surface area contributed by atoms with Gasteiger partial charge in [-0.1, -0.05) is 29.8 Å². The zero-order valence-corrected chi connectivity index (χ0v) is 15.2. The van der Waals surface area contributed by atoms with Gasteiger partial charge >= 0.3 is 0 Å². The first kappa shape index (κ1) is 18.9. The minimum absolute atomic E-state index is 0. The Labute approximate surface area is 152 Å². The van der Waals surface area contributed by atoms with E-state index in [1.165, 1.54) is 0 Å². The van der Waals surface area contributed by atoms with Crippen LogP contribution in [0.15, 0.2) is 24.3 Å². The Morgan fingerprint density at radius 1 is 1.39 bits per heavy atom. The highest BCUT2D eigenvalue weighted by Gasteiger charge is 2.37. The van der Waals surface area contributed by atoms with Gasteiger partial charge in [-0.3, -0.25) is 10.1 Å². The molecule has 0 radical (unpaired) electrons. The molecule has 1 unspecified atom stereocenters. The highest BCUT2D eigenvalue weighted by atomic mass is 35.5. The summed E-state index contributed by atoms with van der Waals surface area (Å²) in [7, 11) is 0. The number of nitrogens with one attached hydrogen (secondary N) is 2. The molecule has 0 aromatic heterocycles. The Morgan fingerprint density at radius 3 is 2.78 bits per heavy atom. The van der Waals surface area contributed by atoms with Crippen LogP contribution in [-0.4, -0.2) is 43.3 Å². The van der Waals surface area contributed by atoms with Crippen LogP contribution in [0, 0.1) is 0 Å². The zero-order chi connectivity index (χ0) is 15.4. The van der Waals surface area contributed by atoms with Crippen LogP contribution in [0.25, 0.3) is 0 Å². The molecular weight excluding hydrogens is 355 g/mol. The number of ether oxygens (including phenoxy) is 1. The van der Waals surface area contributed by atoms with Gasteiger partial charge in [0, 0.05) is 41.8 Å². The maximum atomic E-state index is 12.3. The molecule has 2 aliphatic heterocycles. The third kappa shape index (κ3) is 4.34. The SMILES string of the molecule is Cl.O=C(NCC1(c2ccccc2Cl)CCOCC1)C1CSCN1. The second-order valence-corrected chi connectivity index (χ2v) is 7.30. The maximum absolute atomic E-state index is 12.3. The summed E-state index contributed by atoms with van der Waals surface area (Å²) in [6.07, 6.45) is 1.76. The lowest BCUT2D eigenvalue weighted by Gasteiger charge is -2.38. The Bertz CT molecular complexity index is 533. The smallest absolute Gasteiger partial charge is 0.238 e.